The van der Waals surface area contributed by atoms with Crippen molar-refractivity contribution in [2.45, 2.75) is 19.8 Å². The number of nitrogen functional groups attached to an aromatic ring is 1. The molecule has 0 atom stereocenters. The Morgan fingerprint density at radius 2 is 1.93 bits per heavy atom. The average Bonchev–Trinajstić information content (AvgIpc) is 2.08. The van der Waals surface area contributed by atoms with Crippen molar-refractivity contribution in [2.24, 2.45) is 5.73 Å². The van der Waals surface area contributed by atoms with Crippen molar-refractivity contribution in [2.75, 3.05) is 0 Å². The number of rotatable bonds is 2. The zero-order chi connectivity index (χ0) is 10.9. The van der Waals surface area contributed by atoms with E-state index in [0.717, 1.165) is 5.56 Å². The van der Waals surface area contributed by atoms with E-state index >= 15 is 0 Å². The third kappa shape index (κ3) is 1.79. The summed E-state index contributed by atoms with van der Waals surface area (Å²) in [5.41, 5.74) is 6.28. The smallest absolute Gasteiger partial charge is 0.168 e. The fourth-order valence-corrected chi connectivity index (χ4v) is 1.18. The molecule has 0 aliphatic carbocycles. The van der Waals surface area contributed by atoms with Gasteiger partial charge in [0.25, 0.3) is 0 Å². The molecule has 1 rings (SSSR count). The Morgan fingerprint density at radius 3 is 2.36 bits per heavy atom. The molecule has 0 unspecified atom stereocenters. The maximum Gasteiger partial charge on any atom is 0.168 e. The van der Waals surface area contributed by atoms with E-state index in [1.807, 2.05) is 13.8 Å². The molecule has 0 radical (unpaired) electrons. The minimum Gasteiger partial charge on any atom is -0.504 e. The van der Waals surface area contributed by atoms with Crippen LogP contribution in [0.15, 0.2) is 12.1 Å². The summed E-state index contributed by atoms with van der Waals surface area (Å²) >= 11 is 0. The van der Waals surface area contributed by atoms with Crippen LogP contribution in [-0.2, 0) is 0 Å². The van der Waals surface area contributed by atoms with E-state index in [0.29, 0.717) is 0 Å². The van der Waals surface area contributed by atoms with Gasteiger partial charge in [-0.3, -0.25) is 5.41 Å². The van der Waals surface area contributed by atoms with E-state index in [2.05, 4.69) is 0 Å². The van der Waals surface area contributed by atoms with Crippen LogP contribution in [-0.4, -0.2) is 16.0 Å². The molecular weight excluding hydrogens is 180 g/mol. The van der Waals surface area contributed by atoms with Gasteiger partial charge in [-0.15, -0.1) is 0 Å². The molecule has 0 saturated carbocycles. The molecule has 5 N–H and O–H groups in total. The number of nitrogens with two attached hydrogens (primary N) is 1. The van der Waals surface area contributed by atoms with Crippen LogP contribution in [0.4, 0.5) is 0 Å². The van der Waals surface area contributed by atoms with Crippen LogP contribution < -0.4 is 5.73 Å². The molecule has 14 heavy (non-hydrogen) atoms. The van der Waals surface area contributed by atoms with Gasteiger partial charge in [-0.2, -0.15) is 0 Å². The Labute approximate surface area is 82.5 Å². The Morgan fingerprint density at radius 1 is 1.36 bits per heavy atom. The lowest BCUT2D eigenvalue weighted by Gasteiger charge is -2.10. The van der Waals surface area contributed by atoms with Crippen LogP contribution in [0.2, 0.25) is 0 Å². The van der Waals surface area contributed by atoms with Crippen LogP contribution in [0.3, 0.4) is 0 Å². The monoisotopic (exact) mass is 194 g/mol. The Balaban J connectivity index is 3.35. The molecular formula is C10H14N2O2. The minimum absolute atomic E-state index is 0.175. The van der Waals surface area contributed by atoms with Gasteiger partial charge in [-0.1, -0.05) is 13.8 Å². The summed E-state index contributed by atoms with van der Waals surface area (Å²) in [6.45, 7) is 3.91. The van der Waals surface area contributed by atoms with E-state index in [9.17, 15) is 10.2 Å². The highest BCUT2D eigenvalue weighted by molar-refractivity contribution is 5.98. The summed E-state index contributed by atoms with van der Waals surface area (Å²) in [4.78, 5) is 0. The van der Waals surface area contributed by atoms with E-state index in [1.54, 1.807) is 6.07 Å². The van der Waals surface area contributed by atoms with E-state index in [-0.39, 0.29) is 28.8 Å². The lowest BCUT2D eigenvalue weighted by atomic mass is 9.99. The summed E-state index contributed by atoms with van der Waals surface area (Å²) < 4.78 is 0. The molecule has 0 amide bonds. The van der Waals surface area contributed by atoms with Gasteiger partial charge < -0.3 is 15.9 Å². The molecule has 1 aromatic carbocycles. The van der Waals surface area contributed by atoms with Gasteiger partial charge in [0.2, 0.25) is 0 Å². The number of aromatic hydroxyl groups is 2. The molecule has 76 valence electrons. The van der Waals surface area contributed by atoms with Crippen molar-refractivity contribution in [3.63, 3.8) is 0 Å². The highest BCUT2D eigenvalue weighted by Crippen LogP contribution is 2.32. The van der Waals surface area contributed by atoms with Crippen molar-refractivity contribution in [3.05, 3.63) is 23.3 Å². The van der Waals surface area contributed by atoms with Gasteiger partial charge in [0.1, 0.15) is 5.84 Å². The zero-order valence-electron chi connectivity index (χ0n) is 8.20. The van der Waals surface area contributed by atoms with Crippen LogP contribution in [0.1, 0.15) is 30.9 Å². The van der Waals surface area contributed by atoms with Crippen molar-refractivity contribution in [1.29, 1.82) is 5.41 Å². The molecule has 4 heteroatoms. The van der Waals surface area contributed by atoms with Crippen molar-refractivity contribution >= 4 is 5.84 Å². The first-order chi connectivity index (χ1) is 6.43. The maximum absolute atomic E-state index is 9.40. The number of nitrogens with one attached hydrogen (secondary N) is 1. The molecule has 0 aliphatic rings. The molecule has 0 bridgehead atoms. The zero-order valence-corrected chi connectivity index (χ0v) is 8.20. The van der Waals surface area contributed by atoms with Gasteiger partial charge >= 0.3 is 0 Å². The van der Waals surface area contributed by atoms with Crippen LogP contribution in [0.5, 0.6) is 11.5 Å². The number of hydrogen-bond donors (Lipinski definition) is 4. The lowest BCUT2D eigenvalue weighted by Crippen LogP contribution is -2.11. The fraction of sp³-hybridized carbons (Fsp3) is 0.300. The third-order valence-corrected chi connectivity index (χ3v) is 2.07. The van der Waals surface area contributed by atoms with Gasteiger partial charge in [0, 0.05) is 0 Å². The molecule has 1 aromatic rings. The van der Waals surface area contributed by atoms with Crippen LogP contribution in [0, 0.1) is 5.41 Å². The normalized spacial score (nSPS) is 10.5. The SMILES string of the molecule is CC(C)c1cc(O)c(O)c(C(=N)N)c1. The average molecular weight is 194 g/mol. The van der Waals surface area contributed by atoms with Gasteiger partial charge in [-0.25, -0.2) is 0 Å². The second kappa shape index (κ2) is 3.57. The maximum atomic E-state index is 9.40. The number of hydrogen-bond acceptors (Lipinski definition) is 3. The fourth-order valence-electron chi connectivity index (χ4n) is 1.18. The molecule has 0 spiro atoms. The second-order valence-electron chi connectivity index (χ2n) is 3.50. The number of amidine groups is 1. The van der Waals surface area contributed by atoms with Gasteiger partial charge in [0.15, 0.2) is 11.5 Å². The molecule has 0 saturated heterocycles. The summed E-state index contributed by atoms with van der Waals surface area (Å²) in [5.74, 6) is -0.608. The van der Waals surface area contributed by atoms with Crippen molar-refractivity contribution in [3.8, 4) is 11.5 Å². The summed E-state index contributed by atoms with van der Waals surface area (Å²) in [7, 11) is 0. The van der Waals surface area contributed by atoms with E-state index in [1.165, 1.54) is 6.07 Å². The quantitative estimate of drug-likeness (QED) is 0.327. The van der Waals surface area contributed by atoms with Crippen LogP contribution in [0.25, 0.3) is 0 Å². The van der Waals surface area contributed by atoms with E-state index < -0.39 is 0 Å². The highest BCUT2D eigenvalue weighted by atomic mass is 16.3. The Bertz CT molecular complexity index is 373. The molecule has 0 aliphatic heterocycles. The first-order valence-electron chi connectivity index (χ1n) is 4.33. The summed E-state index contributed by atoms with van der Waals surface area (Å²) in [6.07, 6.45) is 0. The van der Waals surface area contributed by atoms with Gasteiger partial charge in [0.05, 0.1) is 5.56 Å². The minimum atomic E-state index is -0.332. The Kier molecular flexibility index (Phi) is 2.65. The largest absolute Gasteiger partial charge is 0.504 e. The van der Waals surface area contributed by atoms with Crippen molar-refractivity contribution < 1.29 is 10.2 Å². The first-order valence-corrected chi connectivity index (χ1v) is 4.33. The molecule has 0 heterocycles. The number of benzene rings is 1. The topological polar surface area (TPSA) is 90.3 Å². The number of phenolic OH excluding ortho intramolecular Hbond substituents is 2. The van der Waals surface area contributed by atoms with Crippen molar-refractivity contribution in [1.82, 2.24) is 0 Å². The summed E-state index contributed by atoms with van der Waals surface area (Å²) in [5, 5.41) is 26.0. The summed E-state index contributed by atoms with van der Waals surface area (Å²) in [6, 6.07) is 3.09. The second-order valence-corrected chi connectivity index (χ2v) is 3.50. The number of phenols is 2. The predicted octanol–water partition coefficient (Wildman–Crippen LogP) is 1.51. The molecule has 0 fully saturated rings. The standard InChI is InChI=1S/C10H14N2O2/c1-5(2)6-3-7(10(11)12)9(14)8(13)4-6/h3-5,13-14H,1-2H3,(H3,11,12). The third-order valence-electron chi connectivity index (χ3n) is 2.07. The predicted molar refractivity (Wildman–Crippen MR) is 54.9 cm³/mol. The van der Waals surface area contributed by atoms with E-state index in [4.69, 9.17) is 11.1 Å². The molecule has 4 nitrogen and oxygen atoms in total. The molecule has 0 aromatic heterocycles. The first kappa shape index (κ1) is 10.4. The van der Waals surface area contributed by atoms with Gasteiger partial charge in [-0.05, 0) is 23.6 Å². The lowest BCUT2D eigenvalue weighted by molar-refractivity contribution is 0.402. The Hall–Kier alpha value is -1.71. The highest BCUT2D eigenvalue weighted by Gasteiger charge is 2.12. The van der Waals surface area contributed by atoms with Crippen LogP contribution >= 0.6 is 0 Å².